The number of rotatable bonds is 14. The molecular weight excluding hydrogens is 781 g/mol. The van der Waals surface area contributed by atoms with Gasteiger partial charge in [-0.3, -0.25) is 19.6 Å². The largest absolute Gasteiger partial charge is 0.332 e. The van der Waals surface area contributed by atoms with E-state index < -0.39 is 0 Å². The van der Waals surface area contributed by atoms with Crippen LogP contribution in [-0.2, 0) is 13.1 Å². The maximum absolute atomic E-state index is 4.87. The van der Waals surface area contributed by atoms with Crippen LogP contribution in [0, 0.1) is 17.3 Å². The maximum Gasteiger partial charge on any atom is 0.225 e. The number of aromatic nitrogens is 4. The van der Waals surface area contributed by atoms with Gasteiger partial charge in [-0.2, -0.15) is 0 Å². The first kappa shape index (κ1) is 47.0. The normalized spacial score (nSPS) is 28.0. The molecule has 0 aromatic carbocycles. The molecule has 0 radical (unpaired) electrons. The average molecular weight is 869 g/mol. The molecule has 0 saturated carbocycles. The van der Waals surface area contributed by atoms with E-state index in [0.717, 1.165) is 69.0 Å². The Bertz CT molecular complexity index is 1650. The molecule has 12 nitrogen and oxygen atoms in total. The highest BCUT2D eigenvalue weighted by Crippen LogP contribution is 2.41. The Kier molecular flexibility index (Phi) is 15.7. The van der Waals surface area contributed by atoms with Crippen molar-refractivity contribution in [1.29, 1.82) is 0 Å². The number of anilines is 2. The van der Waals surface area contributed by atoms with Gasteiger partial charge < -0.3 is 19.6 Å². The predicted octanol–water partition coefficient (Wildman–Crippen LogP) is 6.96. The van der Waals surface area contributed by atoms with Gasteiger partial charge >= 0.3 is 0 Å². The van der Waals surface area contributed by atoms with E-state index in [1.807, 2.05) is 0 Å². The fourth-order valence-corrected chi connectivity index (χ4v) is 12.6. The van der Waals surface area contributed by atoms with Crippen molar-refractivity contribution in [3.63, 3.8) is 0 Å². The topological polar surface area (TPSA) is 77.5 Å². The number of likely N-dealkylation sites (tertiary alicyclic amines) is 5. The van der Waals surface area contributed by atoms with Crippen LogP contribution in [0.3, 0.4) is 0 Å². The monoisotopic (exact) mass is 869 g/mol. The van der Waals surface area contributed by atoms with Crippen LogP contribution in [0.25, 0.3) is 0 Å². The highest BCUT2D eigenvalue weighted by atomic mass is 15.4. The first-order valence-corrected chi connectivity index (χ1v) is 25.9. The quantitative estimate of drug-likeness (QED) is 0.197. The first-order chi connectivity index (χ1) is 30.3. The molecule has 7 fully saturated rings. The molecule has 352 valence electrons. The third-order valence-corrected chi connectivity index (χ3v) is 16.5. The Morgan fingerprint density at radius 1 is 0.603 bits per heavy atom. The molecule has 9 heterocycles. The molecule has 9 rings (SSSR count). The van der Waals surface area contributed by atoms with Crippen molar-refractivity contribution in [1.82, 2.24) is 49.3 Å². The molecule has 0 aliphatic carbocycles. The molecule has 7 aliphatic rings. The minimum absolute atomic E-state index is 0.571. The summed E-state index contributed by atoms with van der Waals surface area (Å²) in [5, 5.41) is 0. The van der Waals surface area contributed by atoms with Gasteiger partial charge in [-0.05, 0) is 136 Å². The molecule has 2 aromatic rings. The zero-order valence-electron chi connectivity index (χ0n) is 41.3. The molecule has 5 atom stereocenters. The van der Waals surface area contributed by atoms with Gasteiger partial charge in [0.2, 0.25) is 11.9 Å². The van der Waals surface area contributed by atoms with Crippen LogP contribution < -0.4 is 9.80 Å². The van der Waals surface area contributed by atoms with E-state index in [1.54, 1.807) is 0 Å². The van der Waals surface area contributed by atoms with Crippen LogP contribution in [0.5, 0.6) is 0 Å². The molecule has 63 heavy (non-hydrogen) atoms. The third kappa shape index (κ3) is 11.6. The lowest BCUT2D eigenvalue weighted by atomic mass is 9.71. The number of nitrogens with zero attached hydrogens (tertiary/aromatic N) is 12. The summed E-state index contributed by atoms with van der Waals surface area (Å²) in [5.74, 6) is 3.49. The van der Waals surface area contributed by atoms with E-state index in [0.29, 0.717) is 41.7 Å². The van der Waals surface area contributed by atoms with Crippen molar-refractivity contribution < 1.29 is 0 Å². The van der Waals surface area contributed by atoms with E-state index >= 15 is 0 Å². The number of hydrogen-bond donors (Lipinski definition) is 0. The van der Waals surface area contributed by atoms with E-state index in [-0.39, 0.29) is 0 Å². The summed E-state index contributed by atoms with van der Waals surface area (Å²) in [6.07, 6.45) is 21.3. The highest BCUT2D eigenvalue weighted by molar-refractivity contribution is 5.38. The Morgan fingerprint density at radius 2 is 1.05 bits per heavy atom. The lowest BCUT2D eigenvalue weighted by molar-refractivity contribution is -0.0525. The van der Waals surface area contributed by atoms with Crippen LogP contribution in [-0.4, -0.2) is 177 Å². The molecule has 7 saturated heterocycles. The second-order valence-electron chi connectivity index (χ2n) is 22.6. The summed E-state index contributed by atoms with van der Waals surface area (Å²) < 4.78 is 0. The number of fused-ring (bicyclic) bond motifs is 4. The van der Waals surface area contributed by atoms with E-state index in [2.05, 4.69) is 126 Å². The summed E-state index contributed by atoms with van der Waals surface area (Å²) in [6, 6.07) is 4.32. The first-order valence-electron chi connectivity index (χ1n) is 25.9. The number of piperidine rings is 3. The van der Waals surface area contributed by atoms with Crippen molar-refractivity contribution in [2.24, 2.45) is 17.3 Å². The van der Waals surface area contributed by atoms with Gasteiger partial charge in [0.15, 0.2) is 0 Å². The zero-order valence-corrected chi connectivity index (χ0v) is 41.3. The van der Waals surface area contributed by atoms with Crippen LogP contribution in [0.4, 0.5) is 11.9 Å². The summed E-state index contributed by atoms with van der Waals surface area (Å²) in [7, 11) is 2.31. The average Bonchev–Trinajstić information content (AvgIpc) is 3.51. The summed E-state index contributed by atoms with van der Waals surface area (Å²) >= 11 is 0. The second-order valence-corrected chi connectivity index (χ2v) is 22.6. The van der Waals surface area contributed by atoms with Gasteiger partial charge in [0, 0.05) is 144 Å². The molecule has 4 bridgehead atoms. The molecule has 0 amide bonds. The lowest BCUT2D eigenvalue weighted by Gasteiger charge is -2.54. The minimum atomic E-state index is 0.571. The molecule has 1 spiro atoms. The van der Waals surface area contributed by atoms with Gasteiger partial charge in [0.05, 0.1) is 0 Å². The molecule has 0 N–H and O–H groups in total. The van der Waals surface area contributed by atoms with Gasteiger partial charge in [-0.15, -0.1) is 0 Å². The molecular formula is C51H88N12. The fourth-order valence-electron chi connectivity index (χ4n) is 12.6. The SMILES string of the molecule is CC(C)CN1CC2(CCN(Cc3cnc(N4C5CCC4CN(C(C)C)C5)nc3)CC2)C1.CCC(C)CN(C)C1CCN(Cc2cnc(N3C4CCCC3CN(C(C)C)C4)nc2)CC1. The van der Waals surface area contributed by atoms with E-state index in [1.165, 1.54) is 128 Å². The zero-order chi connectivity index (χ0) is 44.3. The van der Waals surface area contributed by atoms with Crippen molar-refractivity contribution in [3.8, 4) is 0 Å². The highest BCUT2D eigenvalue weighted by Gasteiger charge is 2.45. The Morgan fingerprint density at radius 3 is 1.48 bits per heavy atom. The van der Waals surface area contributed by atoms with E-state index in [9.17, 15) is 0 Å². The fraction of sp³-hybridized carbons (Fsp3) is 0.843. The molecule has 7 aliphatic heterocycles. The van der Waals surface area contributed by atoms with Crippen LogP contribution >= 0.6 is 0 Å². The smallest absolute Gasteiger partial charge is 0.225 e. The summed E-state index contributed by atoms with van der Waals surface area (Å²) in [6.45, 7) is 35.1. The van der Waals surface area contributed by atoms with Crippen molar-refractivity contribution >= 4 is 11.9 Å². The van der Waals surface area contributed by atoms with Crippen molar-refractivity contribution in [2.75, 3.05) is 95.4 Å². The van der Waals surface area contributed by atoms with Crippen molar-refractivity contribution in [2.45, 2.75) is 175 Å². The number of hydrogen-bond acceptors (Lipinski definition) is 12. The Hall–Kier alpha value is -2.48. The lowest BCUT2D eigenvalue weighted by Crippen LogP contribution is -2.62. The van der Waals surface area contributed by atoms with Crippen LogP contribution in [0.1, 0.15) is 131 Å². The van der Waals surface area contributed by atoms with Crippen LogP contribution in [0.15, 0.2) is 24.8 Å². The third-order valence-electron chi connectivity index (χ3n) is 16.5. The van der Waals surface area contributed by atoms with E-state index in [4.69, 9.17) is 19.9 Å². The van der Waals surface area contributed by atoms with Gasteiger partial charge in [0.25, 0.3) is 0 Å². The number of piperazine rings is 2. The summed E-state index contributed by atoms with van der Waals surface area (Å²) in [4.78, 5) is 40.2. The standard InChI is InChI=1S/C26H46N6.C25H42N6/c1-6-21(4)16-29(5)23-10-12-30(13-11-23)17-22-14-27-26(28-15-22)32-24-8-7-9-25(32)19-31(18-24)20(2)3;1-19(2)13-29-17-25(18-29)7-9-28(10-8-25)14-21-11-26-24(27-12-21)31-22-5-6-23(31)16-30(15-22)20(3)4/h14-15,20-21,23-25H,6-13,16-19H2,1-5H3;11-12,19-20,22-23H,5-10,13-18H2,1-4H3. The Balaban J connectivity index is 0.000000173. The van der Waals surface area contributed by atoms with Crippen LogP contribution in [0.2, 0.25) is 0 Å². The molecule has 5 unspecified atom stereocenters. The molecule has 12 heteroatoms. The predicted molar refractivity (Wildman–Crippen MR) is 259 cm³/mol. The second kappa shape index (κ2) is 21.0. The molecule has 2 aromatic heterocycles. The minimum Gasteiger partial charge on any atom is -0.332 e. The Labute approximate surface area is 383 Å². The van der Waals surface area contributed by atoms with Gasteiger partial charge in [-0.1, -0.05) is 34.1 Å². The summed E-state index contributed by atoms with van der Waals surface area (Å²) in [5.41, 5.74) is 3.14. The van der Waals surface area contributed by atoms with Crippen molar-refractivity contribution in [3.05, 3.63) is 35.9 Å². The maximum atomic E-state index is 4.87. The van der Waals surface area contributed by atoms with Gasteiger partial charge in [-0.25, -0.2) is 19.9 Å². The van der Waals surface area contributed by atoms with Gasteiger partial charge in [0.1, 0.15) is 0 Å².